The molecule has 0 aliphatic carbocycles. The van der Waals surface area contributed by atoms with Crippen LogP contribution in [0.1, 0.15) is 22.4 Å². The zero-order valence-electron chi connectivity index (χ0n) is 13.4. The lowest BCUT2D eigenvalue weighted by molar-refractivity contribution is -0.115. The van der Waals surface area contributed by atoms with Gasteiger partial charge >= 0.3 is 0 Å². The number of carbonyl (C=O) groups is 1. The van der Waals surface area contributed by atoms with E-state index in [1.807, 2.05) is 32.9 Å². The van der Waals surface area contributed by atoms with Gasteiger partial charge in [-0.25, -0.2) is 9.37 Å². The van der Waals surface area contributed by atoms with Crippen LogP contribution < -0.4 is 5.32 Å². The molecule has 118 valence electrons. The SMILES string of the molecule is Cc1cc(C)c(NC(=O)Cc2cn3cc(F)ccc3n2)c(C)c1. The molecule has 0 atom stereocenters. The van der Waals surface area contributed by atoms with Gasteiger partial charge in [0.25, 0.3) is 0 Å². The molecule has 1 amide bonds. The van der Waals surface area contributed by atoms with Crippen molar-refractivity contribution in [3.63, 3.8) is 0 Å². The number of amides is 1. The lowest BCUT2D eigenvalue weighted by Gasteiger charge is -2.12. The fourth-order valence-corrected chi connectivity index (χ4v) is 2.83. The van der Waals surface area contributed by atoms with E-state index >= 15 is 0 Å². The largest absolute Gasteiger partial charge is 0.325 e. The third kappa shape index (κ3) is 3.23. The minimum atomic E-state index is -0.336. The molecule has 0 unspecified atom stereocenters. The van der Waals surface area contributed by atoms with Crippen molar-refractivity contribution in [1.82, 2.24) is 9.38 Å². The average molecular weight is 311 g/mol. The molecule has 0 aliphatic heterocycles. The second-order valence-corrected chi connectivity index (χ2v) is 5.84. The van der Waals surface area contributed by atoms with Gasteiger partial charge in [-0.3, -0.25) is 4.79 Å². The minimum absolute atomic E-state index is 0.135. The molecule has 2 heterocycles. The van der Waals surface area contributed by atoms with Gasteiger partial charge in [-0.2, -0.15) is 0 Å². The summed E-state index contributed by atoms with van der Waals surface area (Å²) in [6.07, 6.45) is 3.17. The van der Waals surface area contributed by atoms with Crippen LogP contribution in [0.4, 0.5) is 10.1 Å². The van der Waals surface area contributed by atoms with E-state index in [1.54, 1.807) is 16.7 Å². The average Bonchev–Trinajstić information content (AvgIpc) is 2.84. The standard InChI is InChI=1S/C18H18FN3O/c1-11-6-12(2)18(13(3)7-11)21-17(23)8-15-10-22-9-14(19)4-5-16(22)20-15/h4-7,9-10H,8H2,1-3H3,(H,21,23). The van der Waals surface area contributed by atoms with E-state index in [9.17, 15) is 9.18 Å². The molecule has 2 aromatic heterocycles. The van der Waals surface area contributed by atoms with Crippen LogP contribution in [0.15, 0.2) is 36.7 Å². The van der Waals surface area contributed by atoms with E-state index < -0.39 is 0 Å². The summed E-state index contributed by atoms with van der Waals surface area (Å²) in [5.41, 5.74) is 5.31. The molecular formula is C18H18FN3O. The van der Waals surface area contributed by atoms with Crippen LogP contribution in [-0.2, 0) is 11.2 Å². The van der Waals surface area contributed by atoms with E-state index in [0.29, 0.717) is 11.3 Å². The van der Waals surface area contributed by atoms with E-state index in [4.69, 9.17) is 0 Å². The van der Waals surface area contributed by atoms with Crippen molar-refractivity contribution in [3.05, 3.63) is 64.9 Å². The second-order valence-electron chi connectivity index (χ2n) is 5.84. The molecule has 0 aliphatic rings. The van der Waals surface area contributed by atoms with Crippen molar-refractivity contribution in [2.75, 3.05) is 5.32 Å². The monoisotopic (exact) mass is 311 g/mol. The smallest absolute Gasteiger partial charge is 0.230 e. The Morgan fingerprint density at radius 3 is 2.57 bits per heavy atom. The van der Waals surface area contributed by atoms with Crippen LogP contribution in [0.3, 0.4) is 0 Å². The molecule has 0 saturated carbocycles. The highest BCUT2D eigenvalue weighted by molar-refractivity contribution is 5.93. The third-order valence-corrected chi connectivity index (χ3v) is 3.75. The van der Waals surface area contributed by atoms with E-state index in [0.717, 1.165) is 16.8 Å². The molecule has 1 aromatic carbocycles. The number of fused-ring (bicyclic) bond motifs is 1. The molecule has 1 N–H and O–H groups in total. The quantitative estimate of drug-likeness (QED) is 0.803. The van der Waals surface area contributed by atoms with Gasteiger partial charge in [0, 0.05) is 18.1 Å². The number of carbonyl (C=O) groups excluding carboxylic acids is 1. The zero-order chi connectivity index (χ0) is 16.6. The number of aryl methyl sites for hydroxylation is 3. The Kier molecular flexibility index (Phi) is 3.86. The van der Waals surface area contributed by atoms with E-state index in [2.05, 4.69) is 10.3 Å². The normalized spacial score (nSPS) is 11.0. The predicted octanol–water partition coefficient (Wildman–Crippen LogP) is 3.58. The highest BCUT2D eigenvalue weighted by Crippen LogP contribution is 2.22. The van der Waals surface area contributed by atoms with Crippen LogP contribution in [0.2, 0.25) is 0 Å². The Morgan fingerprint density at radius 2 is 1.87 bits per heavy atom. The summed E-state index contributed by atoms with van der Waals surface area (Å²) in [4.78, 5) is 16.6. The van der Waals surface area contributed by atoms with Crippen molar-refractivity contribution >= 4 is 17.2 Å². The highest BCUT2D eigenvalue weighted by atomic mass is 19.1. The Labute approximate surface area is 134 Å². The van der Waals surface area contributed by atoms with Crippen molar-refractivity contribution in [1.29, 1.82) is 0 Å². The number of benzene rings is 1. The van der Waals surface area contributed by atoms with Gasteiger partial charge in [-0.1, -0.05) is 17.7 Å². The second kappa shape index (κ2) is 5.83. The van der Waals surface area contributed by atoms with Crippen LogP contribution in [-0.4, -0.2) is 15.3 Å². The summed E-state index contributed by atoms with van der Waals surface area (Å²) >= 11 is 0. The highest BCUT2D eigenvalue weighted by Gasteiger charge is 2.11. The van der Waals surface area contributed by atoms with Gasteiger partial charge in [0.2, 0.25) is 5.91 Å². The topological polar surface area (TPSA) is 46.4 Å². The van der Waals surface area contributed by atoms with Crippen LogP contribution in [0, 0.1) is 26.6 Å². The first kappa shape index (κ1) is 15.2. The number of hydrogen-bond donors (Lipinski definition) is 1. The molecule has 0 radical (unpaired) electrons. The summed E-state index contributed by atoms with van der Waals surface area (Å²) in [6.45, 7) is 5.98. The molecular weight excluding hydrogens is 293 g/mol. The summed E-state index contributed by atoms with van der Waals surface area (Å²) in [7, 11) is 0. The maximum absolute atomic E-state index is 13.2. The van der Waals surface area contributed by atoms with Gasteiger partial charge in [-0.15, -0.1) is 0 Å². The van der Waals surface area contributed by atoms with Crippen LogP contribution >= 0.6 is 0 Å². The summed E-state index contributed by atoms with van der Waals surface area (Å²) in [5.74, 6) is -0.472. The zero-order valence-corrected chi connectivity index (χ0v) is 13.4. The Balaban J connectivity index is 1.78. The number of anilines is 1. The molecule has 5 heteroatoms. The fraction of sp³-hybridized carbons (Fsp3) is 0.222. The lowest BCUT2D eigenvalue weighted by Crippen LogP contribution is -2.16. The number of rotatable bonds is 3. The Hall–Kier alpha value is -2.69. The number of aromatic nitrogens is 2. The first-order valence-corrected chi connectivity index (χ1v) is 7.43. The molecule has 0 fully saturated rings. The Bertz CT molecular complexity index is 875. The van der Waals surface area contributed by atoms with Crippen molar-refractivity contribution in [2.45, 2.75) is 27.2 Å². The first-order valence-electron chi connectivity index (χ1n) is 7.43. The van der Waals surface area contributed by atoms with Crippen LogP contribution in [0.5, 0.6) is 0 Å². The maximum Gasteiger partial charge on any atom is 0.230 e. The molecule has 0 bridgehead atoms. The van der Waals surface area contributed by atoms with Crippen molar-refractivity contribution in [2.24, 2.45) is 0 Å². The van der Waals surface area contributed by atoms with Gasteiger partial charge < -0.3 is 9.72 Å². The third-order valence-electron chi connectivity index (χ3n) is 3.75. The number of nitrogens with one attached hydrogen (secondary N) is 1. The number of imidazole rings is 1. The molecule has 0 spiro atoms. The number of halogens is 1. The van der Waals surface area contributed by atoms with Gasteiger partial charge in [0.1, 0.15) is 11.5 Å². The molecule has 23 heavy (non-hydrogen) atoms. The molecule has 0 saturated heterocycles. The summed E-state index contributed by atoms with van der Waals surface area (Å²) in [5, 5.41) is 2.95. The Morgan fingerprint density at radius 1 is 1.17 bits per heavy atom. The van der Waals surface area contributed by atoms with Gasteiger partial charge in [0.15, 0.2) is 0 Å². The van der Waals surface area contributed by atoms with Crippen molar-refractivity contribution in [3.8, 4) is 0 Å². The van der Waals surface area contributed by atoms with Gasteiger partial charge in [0.05, 0.1) is 12.1 Å². The number of hydrogen-bond acceptors (Lipinski definition) is 2. The van der Waals surface area contributed by atoms with E-state index in [-0.39, 0.29) is 18.1 Å². The fourth-order valence-electron chi connectivity index (χ4n) is 2.83. The maximum atomic E-state index is 13.2. The summed E-state index contributed by atoms with van der Waals surface area (Å²) in [6, 6.07) is 7.02. The molecule has 4 nitrogen and oxygen atoms in total. The van der Waals surface area contributed by atoms with Crippen LogP contribution in [0.25, 0.3) is 5.65 Å². The predicted molar refractivity (Wildman–Crippen MR) is 88.1 cm³/mol. The summed E-state index contributed by atoms with van der Waals surface area (Å²) < 4.78 is 14.8. The van der Waals surface area contributed by atoms with Gasteiger partial charge in [-0.05, 0) is 44.0 Å². The lowest BCUT2D eigenvalue weighted by atomic mass is 10.0. The molecule has 3 rings (SSSR count). The molecule has 3 aromatic rings. The first-order chi connectivity index (χ1) is 10.9. The number of nitrogens with zero attached hydrogens (tertiary/aromatic N) is 2. The van der Waals surface area contributed by atoms with Crippen molar-refractivity contribution < 1.29 is 9.18 Å². The number of pyridine rings is 1. The minimum Gasteiger partial charge on any atom is -0.325 e. The van der Waals surface area contributed by atoms with E-state index in [1.165, 1.54) is 17.8 Å².